The number of anilines is 1. The van der Waals surface area contributed by atoms with E-state index in [2.05, 4.69) is 41.5 Å². The number of H-pyrrole nitrogens is 2. The van der Waals surface area contributed by atoms with E-state index in [-0.39, 0.29) is 10.6 Å². The van der Waals surface area contributed by atoms with Gasteiger partial charge in [0.2, 0.25) is 0 Å². The minimum atomic E-state index is -0.548. The maximum atomic E-state index is 13.8. The Labute approximate surface area is 172 Å². The van der Waals surface area contributed by atoms with Gasteiger partial charge in [-0.15, -0.1) is 0 Å². The van der Waals surface area contributed by atoms with Gasteiger partial charge in [-0.3, -0.25) is 4.79 Å². The Hall–Kier alpha value is -2.42. The summed E-state index contributed by atoms with van der Waals surface area (Å²) in [4.78, 5) is 23.3. The predicted molar refractivity (Wildman–Crippen MR) is 115 cm³/mol. The molecule has 0 aliphatic carbocycles. The number of nitrogens with zero attached hydrogens (tertiary/aromatic N) is 1. The molecule has 9 heteroatoms. The van der Waals surface area contributed by atoms with Crippen LogP contribution in [0.25, 0.3) is 33.3 Å². The van der Waals surface area contributed by atoms with Gasteiger partial charge in [0.15, 0.2) is 0 Å². The molecule has 0 radical (unpaired) electrons. The summed E-state index contributed by atoms with van der Waals surface area (Å²) in [5, 5.41) is 7.21. The highest BCUT2D eigenvalue weighted by atomic mass is 79.9. The van der Waals surface area contributed by atoms with Crippen LogP contribution in [-0.2, 0) is 0 Å². The van der Waals surface area contributed by atoms with Gasteiger partial charge in [-0.05, 0) is 31.3 Å². The van der Waals surface area contributed by atoms with E-state index in [0.29, 0.717) is 46.7 Å². The van der Waals surface area contributed by atoms with Crippen molar-refractivity contribution < 1.29 is 4.39 Å². The Morgan fingerprint density at radius 3 is 2.79 bits per heavy atom. The molecular weight excluding hydrogens is 449 g/mol. The topological polar surface area (TPSA) is 85.6 Å². The molecule has 0 saturated heterocycles. The van der Waals surface area contributed by atoms with Crippen LogP contribution < -0.4 is 16.2 Å². The first-order valence-electron chi connectivity index (χ1n) is 8.57. The van der Waals surface area contributed by atoms with Crippen molar-refractivity contribution in [1.82, 2.24) is 20.3 Å². The molecule has 2 aromatic heterocycles. The van der Waals surface area contributed by atoms with E-state index in [1.54, 1.807) is 0 Å². The highest BCUT2D eigenvalue weighted by Gasteiger charge is 2.19. The second-order valence-electron chi connectivity index (χ2n) is 6.29. The second-order valence-corrected chi connectivity index (χ2v) is 7.62. The smallest absolute Gasteiger partial charge is 0.261 e. The monoisotopic (exact) mass is 463 g/mol. The van der Waals surface area contributed by atoms with E-state index in [1.165, 1.54) is 12.1 Å². The van der Waals surface area contributed by atoms with Gasteiger partial charge < -0.3 is 20.6 Å². The average molecular weight is 465 g/mol. The number of hydrogen-bond donors (Lipinski definition) is 4. The summed E-state index contributed by atoms with van der Waals surface area (Å²) < 4.78 is 14.7. The quantitative estimate of drug-likeness (QED) is 0.333. The SMILES string of the molecule is CNCCNc1c(-c2nc3cc(Cl)c(F)cc3[nH]2)c(=O)[nH]c2ccc(Br)cc12. The lowest BCUT2D eigenvalue weighted by Gasteiger charge is -2.13. The molecule has 0 saturated carbocycles. The van der Waals surface area contributed by atoms with Gasteiger partial charge in [0, 0.05) is 29.0 Å². The minimum Gasteiger partial charge on any atom is -0.382 e. The number of halogens is 3. The Kier molecular flexibility index (Phi) is 5.09. The fourth-order valence-electron chi connectivity index (χ4n) is 3.11. The number of imidazole rings is 1. The fourth-order valence-corrected chi connectivity index (χ4v) is 3.63. The summed E-state index contributed by atoms with van der Waals surface area (Å²) in [5.41, 5.74) is 2.36. The molecule has 0 bridgehead atoms. The molecule has 0 atom stereocenters. The highest BCUT2D eigenvalue weighted by Crippen LogP contribution is 2.33. The Bertz CT molecular complexity index is 1210. The Balaban J connectivity index is 1.98. The number of benzene rings is 2. The lowest BCUT2D eigenvalue weighted by Crippen LogP contribution is -2.20. The van der Waals surface area contributed by atoms with Crippen LogP contribution in [0.1, 0.15) is 0 Å². The molecule has 0 spiro atoms. The van der Waals surface area contributed by atoms with Crippen molar-refractivity contribution in [3.8, 4) is 11.4 Å². The molecule has 2 heterocycles. The van der Waals surface area contributed by atoms with Crippen molar-refractivity contribution in [3.05, 3.63) is 56.0 Å². The summed E-state index contributed by atoms with van der Waals surface area (Å²) in [7, 11) is 1.85. The number of nitrogens with one attached hydrogen (secondary N) is 4. The summed E-state index contributed by atoms with van der Waals surface area (Å²) >= 11 is 9.34. The maximum absolute atomic E-state index is 13.8. The zero-order chi connectivity index (χ0) is 19.8. The van der Waals surface area contributed by atoms with Crippen LogP contribution in [0.5, 0.6) is 0 Å². The van der Waals surface area contributed by atoms with Gasteiger partial charge >= 0.3 is 0 Å². The largest absolute Gasteiger partial charge is 0.382 e. The van der Waals surface area contributed by atoms with E-state index < -0.39 is 5.82 Å². The van der Waals surface area contributed by atoms with Gasteiger partial charge in [0.25, 0.3) is 5.56 Å². The third kappa shape index (κ3) is 3.39. The zero-order valence-electron chi connectivity index (χ0n) is 14.8. The second kappa shape index (κ2) is 7.54. The molecule has 2 aromatic carbocycles. The lowest BCUT2D eigenvalue weighted by atomic mass is 10.1. The summed E-state index contributed by atoms with van der Waals surface area (Å²) in [6.07, 6.45) is 0. The van der Waals surface area contributed by atoms with Crippen molar-refractivity contribution in [2.75, 3.05) is 25.5 Å². The maximum Gasteiger partial charge on any atom is 0.261 e. The number of fused-ring (bicyclic) bond motifs is 2. The van der Waals surface area contributed by atoms with Crippen LogP contribution in [0.2, 0.25) is 5.02 Å². The first-order valence-corrected chi connectivity index (χ1v) is 9.74. The number of pyridine rings is 1. The van der Waals surface area contributed by atoms with Crippen LogP contribution >= 0.6 is 27.5 Å². The molecule has 0 unspecified atom stereocenters. The summed E-state index contributed by atoms with van der Waals surface area (Å²) in [5.74, 6) is -0.208. The number of aromatic amines is 2. The van der Waals surface area contributed by atoms with E-state index >= 15 is 0 Å². The van der Waals surface area contributed by atoms with E-state index in [4.69, 9.17) is 11.6 Å². The van der Waals surface area contributed by atoms with E-state index in [9.17, 15) is 9.18 Å². The Morgan fingerprint density at radius 1 is 1.18 bits per heavy atom. The van der Waals surface area contributed by atoms with Crippen LogP contribution in [-0.4, -0.2) is 35.1 Å². The average Bonchev–Trinajstić information content (AvgIpc) is 3.04. The lowest BCUT2D eigenvalue weighted by molar-refractivity contribution is 0.630. The van der Waals surface area contributed by atoms with Gasteiger partial charge in [-0.2, -0.15) is 0 Å². The normalized spacial score (nSPS) is 11.4. The zero-order valence-corrected chi connectivity index (χ0v) is 17.1. The number of aromatic nitrogens is 3. The van der Waals surface area contributed by atoms with E-state index in [1.807, 2.05) is 25.2 Å². The number of likely N-dealkylation sites (N-methyl/N-ethyl adjacent to an activating group) is 1. The first kappa shape index (κ1) is 18.9. The molecule has 0 fully saturated rings. The third-order valence-corrected chi connectivity index (χ3v) is 5.20. The van der Waals surface area contributed by atoms with Crippen LogP contribution in [0.15, 0.2) is 39.6 Å². The van der Waals surface area contributed by atoms with Crippen molar-refractivity contribution in [3.63, 3.8) is 0 Å². The van der Waals surface area contributed by atoms with E-state index in [0.717, 1.165) is 9.86 Å². The molecular formula is C19H16BrClFN5O. The Morgan fingerprint density at radius 2 is 2.00 bits per heavy atom. The van der Waals surface area contributed by atoms with Crippen LogP contribution in [0.3, 0.4) is 0 Å². The standard InChI is InChI=1S/C19H16BrClFN5O/c1-23-4-5-24-17-10-6-9(20)2-3-13(10)27-19(28)16(17)18-25-14-7-11(21)12(22)8-15(14)26-18/h2-3,6-8,23H,4-5H2,1H3,(H,25,26)(H2,24,27,28). The molecule has 144 valence electrons. The predicted octanol–water partition coefficient (Wildman–Crippen LogP) is 4.26. The van der Waals surface area contributed by atoms with Gasteiger partial charge in [0.1, 0.15) is 17.2 Å². The van der Waals surface area contributed by atoms with Crippen molar-refractivity contribution >= 4 is 55.2 Å². The molecule has 28 heavy (non-hydrogen) atoms. The van der Waals surface area contributed by atoms with Gasteiger partial charge in [-0.25, -0.2) is 9.37 Å². The van der Waals surface area contributed by atoms with Crippen LogP contribution in [0.4, 0.5) is 10.1 Å². The molecule has 4 N–H and O–H groups in total. The third-order valence-electron chi connectivity index (χ3n) is 4.41. The molecule has 0 amide bonds. The minimum absolute atomic E-state index is 0.0192. The molecule has 0 aliphatic rings. The highest BCUT2D eigenvalue weighted by molar-refractivity contribution is 9.10. The van der Waals surface area contributed by atoms with Gasteiger partial charge in [0.05, 0.1) is 27.3 Å². The summed E-state index contributed by atoms with van der Waals surface area (Å²) in [6.45, 7) is 1.32. The first-order chi connectivity index (χ1) is 13.5. The number of rotatable bonds is 5. The molecule has 4 aromatic rings. The van der Waals surface area contributed by atoms with Crippen molar-refractivity contribution in [2.24, 2.45) is 0 Å². The van der Waals surface area contributed by atoms with Crippen molar-refractivity contribution in [1.29, 1.82) is 0 Å². The number of hydrogen-bond acceptors (Lipinski definition) is 4. The summed E-state index contributed by atoms with van der Waals surface area (Å²) in [6, 6.07) is 8.33. The fraction of sp³-hybridized carbons (Fsp3) is 0.158. The molecule has 0 aliphatic heterocycles. The van der Waals surface area contributed by atoms with Crippen molar-refractivity contribution in [2.45, 2.75) is 0 Å². The van der Waals surface area contributed by atoms with Crippen LogP contribution in [0, 0.1) is 5.82 Å². The molecule has 4 rings (SSSR count). The molecule has 6 nitrogen and oxygen atoms in total. The van der Waals surface area contributed by atoms with Gasteiger partial charge in [-0.1, -0.05) is 27.5 Å².